The lowest BCUT2D eigenvalue weighted by molar-refractivity contribution is 0.0941. The molecule has 0 spiro atoms. The SMILES string of the molecule is CCOC(=O)N1C[C@H](O)C[C@H]1CCOc1ccccc1CCc1ccc(OC)cc1. The average Bonchev–Trinajstić information content (AvgIpc) is 3.14. The molecule has 0 saturated carbocycles. The number of hydrogen-bond donors (Lipinski definition) is 1. The van der Waals surface area contributed by atoms with Crippen molar-refractivity contribution >= 4 is 6.09 Å². The van der Waals surface area contributed by atoms with Gasteiger partial charge in [-0.05, 0) is 55.5 Å². The van der Waals surface area contributed by atoms with Gasteiger partial charge in [-0.15, -0.1) is 0 Å². The molecule has 1 aliphatic rings. The first kappa shape index (κ1) is 22.0. The van der Waals surface area contributed by atoms with Crippen molar-refractivity contribution in [2.75, 3.05) is 26.9 Å². The highest BCUT2D eigenvalue weighted by Crippen LogP contribution is 2.24. The van der Waals surface area contributed by atoms with Gasteiger partial charge in [0.25, 0.3) is 0 Å². The van der Waals surface area contributed by atoms with Crippen LogP contribution in [-0.4, -0.2) is 55.1 Å². The van der Waals surface area contributed by atoms with Gasteiger partial charge in [-0.25, -0.2) is 4.79 Å². The van der Waals surface area contributed by atoms with E-state index in [0.717, 1.165) is 29.9 Å². The summed E-state index contributed by atoms with van der Waals surface area (Å²) in [7, 11) is 1.67. The van der Waals surface area contributed by atoms with Gasteiger partial charge >= 0.3 is 6.09 Å². The van der Waals surface area contributed by atoms with Crippen LogP contribution in [0.4, 0.5) is 4.79 Å². The first-order chi connectivity index (χ1) is 14.6. The van der Waals surface area contributed by atoms with Crippen molar-refractivity contribution in [2.45, 2.75) is 44.8 Å². The highest BCUT2D eigenvalue weighted by Gasteiger charge is 2.34. The molecule has 1 saturated heterocycles. The van der Waals surface area contributed by atoms with Crippen LogP contribution in [-0.2, 0) is 17.6 Å². The van der Waals surface area contributed by atoms with Crippen molar-refractivity contribution in [3.63, 3.8) is 0 Å². The van der Waals surface area contributed by atoms with Crippen molar-refractivity contribution in [1.82, 2.24) is 4.90 Å². The fourth-order valence-electron chi connectivity index (χ4n) is 3.82. The zero-order chi connectivity index (χ0) is 21.3. The number of ether oxygens (including phenoxy) is 3. The zero-order valence-electron chi connectivity index (χ0n) is 17.8. The fraction of sp³-hybridized carbons (Fsp3) is 0.458. The van der Waals surface area contributed by atoms with Crippen LogP contribution in [0.25, 0.3) is 0 Å². The normalized spacial score (nSPS) is 18.3. The molecule has 1 fully saturated rings. The Bertz CT molecular complexity index is 807. The minimum atomic E-state index is -0.504. The minimum absolute atomic E-state index is 0.0643. The molecule has 3 rings (SSSR count). The lowest BCUT2D eigenvalue weighted by Crippen LogP contribution is -2.37. The molecule has 0 aromatic heterocycles. The summed E-state index contributed by atoms with van der Waals surface area (Å²) < 4.78 is 16.4. The molecule has 1 amide bonds. The third-order valence-electron chi connectivity index (χ3n) is 5.42. The summed E-state index contributed by atoms with van der Waals surface area (Å²) in [6.45, 7) is 2.91. The molecule has 1 aliphatic heterocycles. The number of carbonyl (C=O) groups is 1. The van der Waals surface area contributed by atoms with Gasteiger partial charge in [0.15, 0.2) is 0 Å². The Hall–Kier alpha value is -2.73. The van der Waals surface area contributed by atoms with Crippen LogP contribution in [0.15, 0.2) is 48.5 Å². The Labute approximate surface area is 178 Å². The summed E-state index contributed by atoms with van der Waals surface area (Å²) in [5, 5.41) is 9.96. The lowest BCUT2D eigenvalue weighted by Gasteiger charge is -2.23. The average molecular weight is 414 g/mol. The summed E-state index contributed by atoms with van der Waals surface area (Å²) in [5.41, 5.74) is 2.40. The zero-order valence-corrected chi connectivity index (χ0v) is 17.8. The molecule has 6 heteroatoms. The molecule has 2 aromatic carbocycles. The quantitative estimate of drug-likeness (QED) is 0.677. The number of benzene rings is 2. The number of rotatable bonds is 9. The number of aryl methyl sites for hydroxylation is 2. The smallest absolute Gasteiger partial charge is 0.410 e. The van der Waals surface area contributed by atoms with Crippen molar-refractivity contribution in [1.29, 1.82) is 0 Å². The molecule has 2 atom stereocenters. The monoisotopic (exact) mass is 413 g/mol. The number of methoxy groups -OCH3 is 1. The van der Waals surface area contributed by atoms with Gasteiger partial charge in [0.05, 0.1) is 33.0 Å². The summed E-state index contributed by atoms with van der Waals surface area (Å²) >= 11 is 0. The van der Waals surface area contributed by atoms with E-state index in [0.29, 0.717) is 32.6 Å². The van der Waals surface area contributed by atoms with E-state index in [1.54, 1.807) is 18.9 Å². The molecule has 0 bridgehead atoms. The van der Waals surface area contributed by atoms with Crippen molar-refractivity contribution < 1.29 is 24.1 Å². The molecule has 2 aromatic rings. The van der Waals surface area contributed by atoms with Gasteiger partial charge in [0, 0.05) is 12.5 Å². The van der Waals surface area contributed by atoms with E-state index in [4.69, 9.17) is 14.2 Å². The largest absolute Gasteiger partial charge is 0.497 e. The van der Waals surface area contributed by atoms with Crippen molar-refractivity contribution in [3.8, 4) is 11.5 Å². The number of likely N-dealkylation sites (tertiary alicyclic amines) is 1. The fourth-order valence-corrected chi connectivity index (χ4v) is 3.82. The molecular weight excluding hydrogens is 382 g/mol. The number of para-hydroxylation sites is 1. The second-order valence-electron chi connectivity index (χ2n) is 7.49. The Morgan fingerprint density at radius 3 is 2.63 bits per heavy atom. The maximum atomic E-state index is 12.1. The predicted octanol–water partition coefficient (Wildman–Crippen LogP) is 3.84. The summed E-state index contributed by atoms with van der Waals surface area (Å²) in [6, 6.07) is 16.1. The maximum Gasteiger partial charge on any atom is 0.410 e. The molecule has 0 unspecified atom stereocenters. The topological polar surface area (TPSA) is 68.2 Å². The number of aliphatic hydroxyl groups excluding tert-OH is 1. The molecule has 30 heavy (non-hydrogen) atoms. The van der Waals surface area contributed by atoms with Crippen LogP contribution in [0.5, 0.6) is 11.5 Å². The standard InChI is InChI=1S/C24H31NO5/c1-3-29-24(27)25-17-21(26)16-20(25)14-15-30-23-7-5-4-6-19(23)11-8-18-9-12-22(28-2)13-10-18/h4-7,9-10,12-13,20-21,26H,3,8,11,14-17H2,1-2H3/t20-,21-/m1/s1. The summed E-state index contributed by atoms with van der Waals surface area (Å²) in [6.07, 6.45) is 2.13. The van der Waals surface area contributed by atoms with Gasteiger partial charge in [0.2, 0.25) is 0 Å². The van der Waals surface area contributed by atoms with E-state index in [1.807, 2.05) is 30.3 Å². The number of β-amino-alcohol motifs (C(OH)–C–C–N with tert-alkyl or cyclic N) is 1. The highest BCUT2D eigenvalue weighted by molar-refractivity contribution is 5.68. The number of aliphatic hydroxyl groups is 1. The van der Waals surface area contributed by atoms with Crippen molar-refractivity contribution in [3.05, 3.63) is 59.7 Å². The Morgan fingerprint density at radius 1 is 1.13 bits per heavy atom. The predicted molar refractivity (Wildman–Crippen MR) is 115 cm³/mol. The maximum absolute atomic E-state index is 12.1. The van der Waals surface area contributed by atoms with E-state index < -0.39 is 6.10 Å². The highest BCUT2D eigenvalue weighted by atomic mass is 16.6. The Balaban J connectivity index is 1.53. The van der Waals surface area contributed by atoms with E-state index >= 15 is 0 Å². The van der Waals surface area contributed by atoms with Gasteiger partial charge < -0.3 is 24.2 Å². The molecular formula is C24H31NO5. The van der Waals surface area contributed by atoms with Crippen LogP contribution in [0.3, 0.4) is 0 Å². The minimum Gasteiger partial charge on any atom is -0.497 e. The summed E-state index contributed by atoms with van der Waals surface area (Å²) in [4.78, 5) is 13.7. The first-order valence-corrected chi connectivity index (χ1v) is 10.6. The number of hydrogen-bond acceptors (Lipinski definition) is 5. The molecule has 0 aliphatic carbocycles. The molecule has 0 radical (unpaired) electrons. The van der Waals surface area contributed by atoms with E-state index in [2.05, 4.69) is 18.2 Å². The van der Waals surface area contributed by atoms with E-state index in [1.165, 1.54) is 5.56 Å². The molecule has 1 heterocycles. The number of amides is 1. The second-order valence-corrected chi connectivity index (χ2v) is 7.49. The van der Waals surface area contributed by atoms with Crippen LogP contribution < -0.4 is 9.47 Å². The third kappa shape index (κ3) is 5.89. The van der Waals surface area contributed by atoms with Gasteiger partial charge in [-0.2, -0.15) is 0 Å². The summed E-state index contributed by atoms with van der Waals surface area (Å²) in [5.74, 6) is 1.73. The lowest BCUT2D eigenvalue weighted by atomic mass is 10.0. The third-order valence-corrected chi connectivity index (χ3v) is 5.42. The first-order valence-electron chi connectivity index (χ1n) is 10.6. The number of nitrogens with zero attached hydrogens (tertiary/aromatic N) is 1. The van der Waals surface area contributed by atoms with E-state index in [9.17, 15) is 9.90 Å². The Morgan fingerprint density at radius 2 is 1.90 bits per heavy atom. The number of carbonyl (C=O) groups excluding carboxylic acids is 1. The van der Waals surface area contributed by atoms with Crippen LogP contribution in [0, 0.1) is 0 Å². The van der Waals surface area contributed by atoms with Gasteiger partial charge in [-0.1, -0.05) is 30.3 Å². The second kappa shape index (κ2) is 10.9. The Kier molecular flexibility index (Phi) is 7.97. The molecule has 1 N–H and O–H groups in total. The van der Waals surface area contributed by atoms with Gasteiger partial charge in [-0.3, -0.25) is 0 Å². The molecule has 6 nitrogen and oxygen atoms in total. The van der Waals surface area contributed by atoms with Gasteiger partial charge in [0.1, 0.15) is 11.5 Å². The van der Waals surface area contributed by atoms with Crippen molar-refractivity contribution in [2.24, 2.45) is 0 Å². The van der Waals surface area contributed by atoms with Crippen LogP contribution in [0.1, 0.15) is 30.9 Å². The van der Waals surface area contributed by atoms with E-state index in [-0.39, 0.29) is 12.1 Å². The molecule has 162 valence electrons. The van der Waals surface area contributed by atoms with Crippen LogP contribution >= 0.6 is 0 Å². The van der Waals surface area contributed by atoms with Crippen LogP contribution in [0.2, 0.25) is 0 Å².